The van der Waals surface area contributed by atoms with Crippen LogP contribution >= 0.6 is 0 Å². The van der Waals surface area contributed by atoms with Crippen LogP contribution in [0.3, 0.4) is 0 Å². The number of hydrogen-bond acceptors (Lipinski definition) is 11. The highest BCUT2D eigenvalue weighted by molar-refractivity contribution is 5.70. The van der Waals surface area contributed by atoms with Gasteiger partial charge in [-0.15, -0.1) is 0 Å². The molecule has 1 atom stereocenters. The summed E-state index contributed by atoms with van der Waals surface area (Å²) < 4.78 is 18.7. The Bertz CT molecular complexity index is 1680. The van der Waals surface area contributed by atoms with Gasteiger partial charge >= 0.3 is 5.69 Å². The normalized spacial score (nSPS) is 16.6. The molecule has 0 saturated carbocycles. The zero-order valence-corrected chi connectivity index (χ0v) is 25.5. The van der Waals surface area contributed by atoms with Gasteiger partial charge in [-0.25, -0.2) is 19.9 Å². The van der Waals surface area contributed by atoms with Crippen molar-refractivity contribution in [3.63, 3.8) is 0 Å². The van der Waals surface area contributed by atoms with Crippen LogP contribution in [0.1, 0.15) is 25.3 Å². The Morgan fingerprint density at radius 2 is 1.84 bits per heavy atom. The molecule has 6 rings (SSSR count). The number of aromatic amines is 1. The maximum atomic E-state index is 11.8. The quantitative estimate of drug-likeness (QED) is 0.272. The number of methoxy groups -OCH3 is 1. The van der Waals surface area contributed by atoms with Gasteiger partial charge < -0.3 is 24.4 Å². The van der Waals surface area contributed by atoms with Gasteiger partial charge in [0.1, 0.15) is 30.0 Å². The van der Waals surface area contributed by atoms with Crippen molar-refractivity contribution in [3.05, 3.63) is 71.2 Å². The Balaban J connectivity index is 1.10. The molecule has 234 valence electrons. The third-order valence-electron chi connectivity index (χ3n) is 8.31. The first kappa shape index (κ1) is 30.1. The summed E-state index contributed by atoms with van der Waals surface area (Å²) in [7, 11) is 1.66. The number of H-pyrrole nitrogens is 1. The second-order valence-corrected chi connectivity index (χ2v) is 11.2. The van der Waals surface area contributed by atoms with E-state index in [0.717, 1.165) is 80.5 Å². The fourth-order valence-electron chi connectivity index (χ4n) is 5.90. The number of rotatable bonds is 10. The molecular formula is C32H37N9O4. The number of morpholine rings is 1. The highest BCUT2D eigenvalue weighted by atomic mass is 16.5. The summed E-state index contributed by atoms with van der Waals surface area (Å²) in [6.07, 6.45) is 6.75. The van der Waals surface area contributed by atoms with E-state index in [1.54, 1.807) is 31.6 Å². The lowest BCUT2D eigenvalue weighted by Gasteiger charge is -2.40. The highest BCUT2D eigenvalue weighted by Crippen LogP contribution is 2.33. The number of anilines is 3. The van der Waals surface area contributed by atoms with Crippen molar-refractivity contribution in [2.24, 2.45) is 0 Å². The fraction of sp³-hybridized carbons (Fsp3) is 0.406. The number of hydrogen-bond donors (Lipinski definition) is 2. The van der Waals surface area contributed by atoms with Gasteiger partial charge in [-0.05, 0) is 49.6 Å². The maximum absolute atomic E-state index is 11.8. The number of aromatic nitrogens is 5. The van der Waals surface area contributed by atoms with Gasteiger partial charge in [-0.3, -0.25) is 9.47 Å². The standard InChI is InChI=1S/C32H37N9O4/c1-22(20-41-21-36-38-32(41)42)45-29-15-23(3-4-24(29)17-33)25-18-34-31(35-19-25)37-28-6-5-27(16-30(28)43-2)39-9-7-26(8-10-39)40-11-13-44-14-12-40/h3-6,15-16,18-19,21-22,26H,7-14,20H2,1-2H3,(H,38,42)(H,34,35,37). The number of benzene rings is 2. The number of piperidine rings is 1. The summed E-state index contributed by atoms with van der Waals surface area (Å²) in [5.74, 6) is 1.56. The number of nitriles is 1. The summed E-state index contributed by atoms with van der Waals surface area (Å²) >= 11 is 0. The molecule has 0 radical (unpaired) electrons. The molecule has 0 bridgehead atoms. The molecular weight excluding hydrogens is 574 g/mol. The molecule has 13 heteroatoms. The molecule has 2 fully saturated rings. The van der Waals surface area contributed by atoms with Crippen molar-refractivity contribution in [3.8, 4) is 28.7 Å². The van der Waals surface area contributed by atoms with E-state index in [9.17, 15) is 10.1 Å². The van der Waals surface area contributed by atoms with Crippen LogP contribution in [0, 0.1) is 11.3 Å². The average Bonchev–Trinajstić information content (AvgIpc) is 3.49. The predicted molar refractivity (Wildman–Crippen MR) is 169 cm³/mol. The zero-order chi connectivity index (χ0) is 31.2. The molecule has 4 aromatic rings. The van der Waals surface area contributed by atoms with Crippen LogP contribution in [0.2, 0.25) is 0 Å². The van der Waals surface area contributed by atoms with Gasteiger partial charge in [0.25, 0.3) is 0 Å². The van der Waals surface area contributed by atoms with E-state index < -0.39 is 0 Å². The Hall–Kier alpha value is -4.93. The van der Waals surface area contributed by atoms with Gasteiger partial charge in [-0.1, -0.05) is 6.07 Å². The molecule has 1 unspecified atom stereocenters. The van der Waals surface area contributed by atoms with E-state index in [2.05, 4.69) is 53.5 Å². The van der Waals surface area contributed by atoms with Crippen LogP contribution in [0.15, 0.2) is 59.9 Å². The molecule has 0 amide bonds. The molecule has 45 heavy (non-hydrogen) atoms. The minimum Gasteiger partial charge on any atom is -0.494 e. The Kier molecular flexibility index (Phi) is 9.23. The monoisotopic (exact) mass is 611 g/mol. The van der Waals surface area contributed by atoms with Crippen LogP contribution in [0.4, 0.5) is 17.3 Å². The molecule has 2 aromatic carbocycles. The van der Waals surface area contributed by atoms with Crippen LogP contribution in [-0.4, -0.2) is 88.3 Å². The van der Waals surface area contributed by atoms with Gasteiger partial charge in [0, 0.05) is 61.9 Å². The lowest BCUT2D eigenvalue weighted by atomic mass is 10.0. The van der Waals surface area contributed by atoms with Gasteiger partial charge in [0.15, 0.2) is 0 Å². The van der Waals surface area contributed by atoms with E-state index in [1.807, 2.05) is 19.1 Å². The molecule has 2 aliphatic heterocycles. The Labute approximate surface area is 261 Å². The van der Waals surface area contributed by atoms with Crippen molar-refractivity contribution in [1.29, 1.82) is 5.26 Å². The smallest absolute Gasteiger partial charge is 0.343 e. The maximum Gasteiger partial charge on any atom is 0.343 e. The second kappa shape index (κ2) is 13.8. The highest BCUT2D eigenvalue weighted by Gasteiger charge is 2.26. The zero-order valence-electron chi connectivity index (χ0n) is 25.5. The second-order valence-electron chi connectivity index (χ2n) is 11.2. The average molecular weight is 612 g/mol. The van der Waals surface area contributed by atoms with Crippen molar-refractivity contribution >= 4 is 17.3 Å². The van der Waals surface area contributed by atoms with E-state index in [0.29, 0.717) is 23.3 Å². The Morgan fingerprint density at radius 3 is 2.53 bits per heavy atom. The molecule has 0 aliphatic carbocycles. The first-order valence-corrected chi connectivity index (χ1v) is 15.2. The predicted octanol–water partition coefficient (Wildman–Crippen LogP) is 3.42. The third-order valence-corrected chi connectivity index (χ3v) is 8.31. The van der Waals surface area contributed by atoms with Crippen LogP contribution in [0.25, 0.3) is 11.1 Å². The van der Waals surface area contributed by atoms with Gasteiger partial charge in [0.2, 0.25) is 5.95 Å². The summed E-state index contributed by atoms with van der Waals surface area (Å²) in [6, 6.07) is 14.3. The van der Waals surface area contributed by atoms with Gasteiger partial charge in [-0.2, -0.15) is 10.4 Å². The van der Waals surface area contributed by atoms with Crippen LogP contribution < -0.4 is 25.4 Å². The largest absolute Gasteiger partial charge is 0.494 e. The van der Waals surface area contributed by atoms with Crippen LogP contribution in [0.5, 0.6) is 11.5 Å². The van der Waals surface area contributed by atoms with E-state index in [1.165, 1.54) is 10.9 Å². The van der Waals surface area contributed by atoms with E-state index in [4.69, 9.17) is 14.2 Å². The van der Waals surface area contributed by atoms with Crippen molar-refractivity contribution < 1.29 is 14.2 Å². The Morgan fingerprint density at radius 1 is 1.07 bits per heavy atom. The summed E-state index contributed by atoms with van der Waals surface area (Å²) in [6.45, 7) is 7.85. The van der Waals surface area contributed by atoms with Crippen molar-refractivity contribution in [1.82, 2.24) is 29.6 Å². The first-order valence-electron chi connectivity index (χ1n) is 15.2. The fourth-order valence-corrected chi connectivity index (χ4v) is 5.90. The number of ether oxygens (including phenoxy) is 3. The van der Waals surface area contributed by atoms with Crippen molar-refractivity contribution in [2.45, 2.75) is 38.5 Å². The van der Waals surface area contributed by atoms with Gasteiger partial charge in [0.05, 0.1) is 38.1 Å². The molecule has 4 heterocycles. The molecule has 2 aliphatic rings. The SMILES string of the molecule is COc1cc(N2CCC(N3CCOCC3)CC2)ccc1Nc1ncc(-c2ccc(C#N)c(OC(C)Cn3cn[nH]c3=O)c2)cn1. The topological polar surface area (TPSA) is 146 Å². The number of nitrogens with one attached hydrogen (secondary N) is 2. The summed E-state index contributed by atoms with van der Waals surface area (Å²) in [5, 5.41) is 19.0. The van der Waals surface area contributed by atoms with Crippen molar-refractivity contribution in [2.75, 3.05) is 56.7 Å². The first-order chi connectivity index (χ1) is 22.0. The lowest BCUT2D eigenvalue weighted by molar-refractivity contribution is 0.0115. The van der Waals surface area contributed by atoms with Crippen LogP contribution in [-0.2, 0) is 11.3 Å². The molecule has 2 N–H and O–H groups in total. The summed E-state index contributed by atoms with van der Waals surface area (Å²) in [4.78, 5) is 25.8. The van der Waals surface area contributed by atoms with E-state index in [-0.39, 0.29) is 18.3 Å². The minimum atomic E-state index is -0.381. The number of nitrogens with zero attached hydrogens (tertiary/aromatic N) is 7. The minimum absolute atomic E-state index is 0.284. The molecule has 13 nitrogen and oxygen atoms in total. The molecule has 2 saturated heterocycles. The molecule has 2 aromatic heterocycles. The van der Waals surface area contributed by atoms with E-state index >= 15 is 0 Å². The lowest BCUT2D eigenvalue weighted by Crippen LogP contribution is -2.49. The third kappa shape index (κ3) is 7.08. The summed E-state index contributed by atoms with van der Waals surface area (Å²) in [5.41, 5.74) is 3.54. The molecule has 0 spiro atoms.